The zero-order valence-corrected chi connectivity index (χ0v) is 9.69. The van der Waals surface area contributed by atoms with Crippen LogP contribution in [0.2, 0.25) is 0 Å². The van der Waals surface area contributed by atoms with Gasteiger partial charge >= 0.3 is 0 Å². The molecule has 2 aliphatic carbocycles. The highest BCUT2D eigenvalue weighted by molar-refractivity contribution is 5.79. The molecule has 0 aromatic rings. The Morgan fingerprint density at radius 1 is 1.25 bits per heavy atom. The predicted molar refractivity (Wildman–Crippen MR) is 62.8 cm³/mol. The summed E-state index contributed by atoms with van der Waals surface area (Å²) in [7, 11) is 0. The normalized spacial score (nSPS) is 30.6. The first-order chi connectivity index (χ1) is 7.77. The lowest BCUT2D eigenvalue weighted by molar-refractivity contribution is -0.125. The van der Waals surface area contributed by atoms with Crippen LogP contribution in [0.15, 0.2) is 12.2 Å². The fourth-order valence-corrected chi connectivity index (χ4v) is 2.63. The Bertz CT molecular complexity index is 267. The first-order valence-corrected chi connectivity index (χ1v) is 6.38. The highest BCUT2D eigenvalue weighted by atomic mass is 16.3. The number of rotatable bonds is 3. The van der Waals surface area contributed by atoms with Crippen LogP contribution in [0.1, 0.15) is 38.5 Å². The first kappa shape index (κ1) is 11.6. The Balaban J connectivity index is 1.71. The van der Waals surface area contributed by atoms with Gasteiger partial charge in [0.2, 0.25) is 5.91 Å². The van der Waals surface area contributed by atoms with E-state index >= 15 is 0 Å². The van der Waals surface area contributed by atoms with Gasteiger partial charge in [-0.3, -0.25) is 4.79 Å². The van der Waals surface area contributed by atoms with E-state index in [1.165, 1.54) is 6.42 Å². The summed E-state index contributed by atoms with van der Waals surface area (Å²) in [6, 6.07) is 0. The van der Waals surface area contributed by atoms with Crippen LogP contribution in [0, 0.1) is 11.8 Å². The zero-order valence-electron chi connectivity index (χ0n) is 9.69. The minimum atomic E-state index is -0.212. The Kier molecular flexibility index (Phi) is 3.99. The highest BCUT2D eigenvalue weighted by Gasteiger charge is 2.25. The second-order valence-corrected chi connectivity index (χ2v) is 5.00. The minimum Gasteiger partial charge on any atom is -0.393 e. The number of carbonyl (C=O) groups excluding carboxylic acids is 1. The number of hydrogen-bond acceptors (Lipinski definition) is 2. The largest absolute Gasteiger partial charge is 0.393 e. The van der Waals surface area contributed by atoms with Crippen molar-refractivity contribution >= 4 is 5.91 Å². The maximum atomic E-state index is 11.8. The van der Waals surface area contributed by atoms with Crippen LogP contribution in [0.25, 0.3) is 0 Å². The predicted octanol–water partition coefficient (Wildman–Crippen LogP) is 1.62. The molecule has 1 amide bonds. The number of aliphatic hydroxyl groups is 1. The molecular weight excluding hydrogens is 202 g/mol. The van der Waals surface area contributed by atoms with E-state index < -0.39 is 0 Å². The average molecular weight is 223 g/mol. The zero-order chi connectivity index (χ0) is 11.4. The molecule has 0 spiro atoms. The topological polar surface area (TPSA) is 49.3 Å². The van der Waals surface area contributed by atoms with E-state index in [-0.39, 0.29) is 23.8 Å². The fourth-order valence-electron chi connectivity index (χ4n) is 2.63. The van der Waals surface area contributed by atoms with Crippen molar-refractivity contribution in [3.05, 3.63) is 12.2 Å². The van der Waals surface area contributed by atoms with Crippen LogP contribution >= 0.6 is 0 Å². The molecule has 0 heterocycles. The van der Waals surface area contributed by atoms with Crippen LogP contribution in [-0.4, -0.2) is 23.7 Å². The van der Waals surface area contributed by atoms with Crippen molar-refractivity contribution in [2.75, 3.05) is 6.54 Å². The number of carbonyl (C=O) groups is 1. The Hall–Kier alpha value is -0.830. The van der Waals surface area contributed by atoms with Crippen molar-refractivity contribution in [3.8, 4) is 0 Å². The van der Waals surface area contributed by atoms with E-state index in [1.807, 2.05) is 0 Å². The third kappa shape index (κ3) is 2.85. The summed E-state index contributed by atoms with van der Waals surface area (Å²) in [5.41, 5.74) is 0. The van der Waals surface area contributed by atoms with Crippen molar-refractivity contribution in [2.45, 2.75) is 44.6 Å². The molecule has 0 bridgehead atoms. The van der Waals surface area contributed by atoms with Gasteiger partial charge in [0, 0.05) is 18.4 Å². The number of hydrogen-bond donors (Lipinski definition) is 2. The van der Waals surface area contributed by atoms with Gasteiger partial charge in [0.15, 0.2) is 0 Å². The van der Waals surface area contributed by atoms with Crippen molar-refractivity contribution in [2.24, 2.45) is 11.8 Å². The number of aliphatic hydroxyl groups excluding tert-OH is 1. The molecule has 0 saturated heterocycles. The summed E-state index contributed by atoms with van der Waals surface area (Å²) >= 11 is 0. The van der Waals surface area contributed by atoms with Gasteiger partial charge in [0.1, 0.15) is 0 Å². The molecule has 0 radical (unpaired) electrons. The minimum absolute atomic E-state index is 0.140. The van der Waals surface area contributed by atoms with Crippen molar-refractivity contribution in [1.29, 1.82) is 0 Å². The molecule has 0 aromatic carbocycles. The van der Waals surface area contributed by atoms with Gasteiger partial charge in [-0.15, -0.1) is 0 Å². The van der Waals surface area contributed by atoms with Crippen LogP contribution in [0.3, 0.4) is 0 Å². The van der Waals surface area contributed by atoms with Crippen molar-refractivity contribution in [1.82, 2.24) is 5.32 Å². The van der Waals surface area contributed by atoms with Gasteiger partial charge < -0.3 is 10.4 Å². The standard InChI is InChI=1S/C13H21NO2/c15-12-8-4-3-7-11(12)9-14-13(16)10-5-1-2-6-10/h1-2,10-12,15H,3-9H2,(H,14,16). The van der Waals surface area contributed by atoms with E-state index in [9.17, 15) is 9.90 Å². The Labute approximate surface area is 96.9 Å². The maximum absolute atomic E-state index is 11.8. The lowest BCUT2D eigenvalue weighted by Gasteiger charge is -2.28. The van der Waals surface area contributed by atoms with Crippen LogP contribution < -0.4 is 5.32 Å². The maximum Gasteiger partial charge on any atom is 0.223 e. The summed E-state index contributed by atoms with van der Waals surface area (Å²) < 4.78 is 0. The molecular formula is C13H21NO2. The number of nitrogens with one attached hydrogen (secondary N) is 1. The Morgan fingerprint density at radius 2 is 1.94 bits per heavy atom. The Morgan fingerprint density at radius 3 is 2.62 bits per heavy atom. The highest BCUT2D eigenvalue weighted by Crippen LogP contribution is 2.24. The number of allylic oxidation sites excluding steroid dienone is 2. The van der Waals surface area contributed by atoms with Gasteiger partial charge in [0.05, 0.1) is 6.10 Å². The summed E-state index contributed by atoms with van der Waals surface area (Å²) in [5.74, 6) is 0.565. The molecule has 1 saturated carbocycles. The van der Waals surface area contributed by atoms with Gasteiger partial charge in [-0.05, 0) is 25.7 Å². The molecule has 16 heavy (non-hydrogen) atoms. The van der Waals surface area contributed by atoms with Crippen LogP contribution in [0.4, 0.5) is 0 Å². The molecule has 0 aliphatic heterocycles. The molecule has 90 valence electrons. The van der Waals surface area contributed by atoms with E-state index in [1.54, 1.807) is 0 Å². The van der Waals surface area contributed by atoms with Gasteiger partial charge in [-0.1, -0.05) is 25.0 Å². The average Bonchev–Trinajstić information content (AvgIpc) is 2.81. The molecule has 2 unspecified atom stereocenters. The molecule has 2 rings (SSSR count). The van der Waals surface area contributed by atoms with Crippen LogP contribution in [0.5, 0.6) is 0 Å². The smallest absolute Gasteiger partial charge is 0.223 e. The third-order valence-corrected chi connectivity index (χ3v) is 3.79. The number of amides is 1. The summed E-state index contributed by atoms with van der Waals surface area (Å²) in [6.45, 7) is 0.649. The second kappa shape index (κ2) is 5.48. The molecule has 0 aromatic heterocycles. The van der Waals surface area contributed by atoms with Crippen molar-refractivity contribution < 1.29 is 9.90 Å². The van der Waals surface area contributed by atoms with E-state index in [0.29, 0.717) is 6.54 Å². The molecule has 2 aliphatic rings. The summed E-state index contributed by atoms with van der Waals surface area (Å²) in [6.07, 6.45) is 9.92. The molecule has 1 fully saturated rings. The first-order valence-electron chi connectivity index (χ1n) is 6.38. The van der Waals surface area contributed by atoms with Crippen LogP contribution in [-0.2, 0) is 4.79 Å². The van der Waals surface area contributed by atoms with Gasteiger partial charge in [-0.25, -0.2) is 0 Å². The quantitative estimate of drug-likeness (QED) is 0.714. The SMILES string of the molecule is O=C(NCC1CCCCC1O)C1CC=CC1. The van der Waals surface area contributed by atoms with Gasteiger partial charge in [-0.2, -0.15) is 0 Å². The van der Waals surface area contributed by atoms with E-state index in [4.69, 9.17) is 0 Å². The molecule has 3 heteroatoms. The van der Waals surface area contributed by atoms with Crippen molar-refractivity contribution in [3.63, 3.8) is 0 Å². The van der Waals surface area contributed by atoms with E-state index in [2.05, 4.69) is 17.5 Å². The molecule has 3 nitrogen and oxygen atoms in total. The monoisotopic (exact) mass is 223 g/mol. The molecule has 2 atom stereocenters. The summed E-state index contributed by atoms with van der Waals surface area (Å²) in [4.78, 5) is 11.8. The second-order valence-electron chi connectivity index (χ2n) is 5.00. The summed E-state index contributed by atoms with van der Waals surface area (Å²) in [5, 5.41) is 12.8. The van der Waals surface area contributed by atoms with E-state index in [0.717, 1.165) is 32.1 Å². The molecule has 2 N–H and O–H groups in total. The lowest BCUT2D eigenvalue weighted by Crippen LogP contribution is -2.38. The fraction of sp³-hybridized carbons (Fsp3) is 0.769. The van der Waals surface area contributed by atoms with Gasteiger partial charge in [0.25, 0.3) is 0 Å². The lowest BCUT2D eigenvalue weighted by atomic mass is 9.86. The third-order valence-electron chi connectivity index (χ3n) is 3.79.